The van der Waals surface area contributed by atoms with Gasteiger partial charge in [0.1, 0.15) is 0 Å². The van der Waals surface area contributed by atoms with Crippen LogP contribution < -0.4 is 10.6 Å². The molecule has 1 aromatic rings. The van der Waals surface area contributed by atoms with Gasteiger partial charge in [0.2, 0.25) is 11.8 Å². The van der Waals surface area contributed by atoms with Gasteiger partial charge in [-0.3, -0.25) is 9.59 Å². The van der Waals surface area contributed by atoms with Crippen molar-refractivity contribution in [3.8, 4) is 0 Å². The minimum absolute atomic E-state index is 0.0194. The van der Waals surface area contributed by atoms with Crippen LogP contribution in [0.4, 0.5) is 0 Å². The Kier molecular flexibility index (Phi) is 6.40. The summed E-state index contributed by atoms with van der Waals surface area (Å²) in [5, 5.41) is 14.7. The van der Waals surface area contributed by atoms with Crippen LogP contribution in [-0.4, -0.2) is 36.1 Å². The largest absolute Gasteiger partial charge is 0.396 e. The zero-order chi connectivity index (χ0) is 15.8. The summed E-state index contributed by atoms with van der Waals surface area (Å²) in [6, 6.07) is 9.62. The van der Waals surface area contributed by atoms with E-state index in [1.165, 1.54) is 0 Å². The Labute approximate surface area is 131 Å². The van der Waals surface area contributed by atoms with Crippen LogP contribution >= 0.6 is 0 Å². The number of hydrogen-bond donors (Lipinski definition) is 3. The molecule has 0 radical (unpaired) electrons. The number of carbonyl (C=O) groups excluding carboxylic acids is 2. The number of benzene rings is 1. The first-order valence-corrected chi connectivity index (χ1v) is 7.88. The highest BCUT2D eigenvalue weighted by molar-refractivity contribution is 5.85. The van der Waals surface area contributed by atoms with Gasteiger partial charge in [-0.15, -0.1) is 0 Å². The van der Waals surface area contributed by atoms with Gasteiger partial charge in [0.15, 0.2) is 0 Å². The molecular weight excluding hydrogens is 280 g/mol. The monoisotopic (exact) mass is 304 g/mol. The fourth-order valence-corrected chi connectivity index (χ4v) is 2.79. The smallest absolute Gasteiger partial charge is 0.239 e. The molecule has 0 aliphatic heterocycles. The molecule has 0 heterocycles. The fraction of sp³-hybridized carbons (Fsp3) is 0.529. The van der Waals surface area contributed by atoms with Crippen molar-refractivity contribution in [3.63, 3.8) is 0 Å². The maximum absolute atomic E-state index is 11.8. The van der Waals surface area contributed by atoms with Crippen LogP contribution in [0.3, 0.4) is 0 Å². The van der Waals surface area contributed by atoms with Gasteiger partial charge in [0.25, 0.3) is 0 Å². The summed E-state index contributed by atoms with van der Waals surface area (Å²) in [4.78, 5) is 23.6. The van der Waals surface area contributed by atoms with Crippen molar-refractivity contribution in [1.29, 1.82) is 0 Å². The highest BCUT2D eigenvalue weighted by Gasteiger charge is 2.21. The Hall–Kier alpha value is -1.88. The van der Waals surface area contributed by atoms with E-state index in [0.717, 1.165) is 31.2 Å². The summed E-state index contributed by atoms with van der Waals surface area (Å²) in [6.07, 6.45) is 3.98. The molecule has 0 spiro atoms. The number of aliphatic hydroxyl groups is 1. The normalized spacial score (nSPS) is 21.1. The molecule has 5 heteroatoms. The van der Waals surface area contributed by atoms with Crippen molar-refractivity contribution >= 4 is 11.8 Å². The lowest BCUT2D eigenvalue weighted by atomic mass is 9.86. The van der Waals surface area contributed by atoms with Gasteiger partial charge >= 0.3 is 0 Å². The summed E-state index contributed by atoms with van der Waals surface area (Å²) >= 11 is 0. The maximum Gasteiger partial charge on any atom is 0.239 e. The minimum Gasteiger partial charge on any atom is -0.396 e. The average molecular weight is 304 g/mol. The number of amides is 2. The van der Waals surface area contributed by atoms with Crippen molar-refractivity contribution in [2.45, 2.75) is 38.1 Å². The van der Waals surface area contributed by atoms with E-state index in [1.807, 2.05) is 30.3 Å². The van der Waals surface area contributed by atoms with E-state index in [-0.39, 0.29) is 37.4 Å². The third-order valence-electron chi connectivity index (χ3n) is 4.12. The van der Waals surface area contributed by atoms with E-state index in [4.69, 9.17) is 5.11 Å². The predicted molar refractivity (Wildman–Crippen MR) is 84.1 cm³/mol. The highest BCUT2D eigenvalue weighted by Crippen LogP contribution is 2.23. The molecule has 22 heavy (non-hydrogen) atoms. The van der Waals surface area contributed by atoms with Crippen molar-refractivity contribution < 1.29 is 14.7 Å². The van der Waals surface area contributed by atoms with Crippen LogP contribution in [0.15, 0.2) is 30.3 Å². The summed E-state index contributed by atoms with van der Waals surface area (Å²) in [7, 11) is 0. The van der Waals surface area contributed by atoms with Gasteiger partial charge in [-0.2, -0.15) is 0 Å². The maximum atomic E-state index is 11.8. The van der Waals surface area contributed by atoms with Gasteiger partial charge < -0.3 is 15.7 Å². The van der Waals surface area contributed by atoms with Gasteiger partial charge in [-0.1, -0.05) is 30.3 Å². The molecular formula is C17H24N2O3. The topological polar surface area (TPSA) is 78.4 Å². The van der Waals surface area contributed by atoms with Crippen molar-refractivity contribution in [1.82, 2.24) is 10.6 Å². The third-order valence-corrected chi connectivity index (χ3v) is 4.12. The molecule has 1 aromatic carbocycles. The van der Waals surface area contributed by atoms with Crippen molar-refractivity contribution in [2.75, 3.05) is 13.2 Å². The van der Waals surface area contributed by atoms with E-state index in [2.05, 4.69) is 10.6 Å². The van der Waals surface area contributed by atoms with Gasteiger partial charge in [0.05, 0.1) is 13.0 Å². The average Bonchev–Trinajstić information content (AvgIpc) is 2.55. The molecule has 1 aliphatic rings. The van der Waals surface area contributed by atoms with Crippen molar-refractivity contribution in [3.05, 3.63) is 35.9 Å². The SMILES string of the molecule is O=C(Cc1ccccc1)NCC(=O)NC1CCC(CO)CC1. The molecule has 2 rings (SSSR count). The molecule has 2 amide bonds. The molecule has 3 N–H and O–H groups in total. The Balaban J connectivity index is 1.64. The quantitative estimate of drug-likeness (QED) is 0.734. The lowest BCUT2D eigenvalue weighted by Crippen LogP contribution is -2.43. The Morgan fingerprint density at radius 2 is 1.73 bits per heavy atom. The molecule has 0 aromatic heterocycles. The predicted octanol–water partition coefficient (Wildman–Crippen LogP) is 1.01. The number of nitrogens with one attached hydrogen (secondary N) is 2. The number of aliphatic hydroxyl groups excluding tert-OH is 1. The first-order valence-electron chi connectivity index (χ1n) is 7.88. The summed E-state index contributed by atoms with van der Waals surface area (Å²) in [6.45, 7) is 0.252. The van der Waals surface area contributed by atoms with E-state index in [9.17, 15) is 9.59 Å². The molecule has 1 fully saturated rings. The lowest BCUT2D eigenvalue weighted by molar-refractivity contribution is -0.126. The third kappa shape index (κ3) is 5.48. The van der Waals surface area contributed by atoms with E-state index in [0.29, 0.717) is 5.92 Å². The van der Waals surface area contributed by atoms with Crippen LogP contribution in [0.2, 0.25) is 0 Å². The molecule has 0 bridgehead atoms. The Morgan fingerprint density at radius 3 is 2.36 bits per heavy atom. The van der Waals surface area contributed by atoms with Crippen LogP contribution in [-0.2, 0) is 16.0 Å². The second-order valence-electron chi connectivity index (χ2n) is 5.91. The fourth-order valence-electron chi connectivity index (χ4n) is 2.79. The first-order chi connectivity index (χ1) is 10.7. The molecule has 0 saturated heterocycles. The van der Waals surface area contributed by atoms with E-state index < -0.39 is 0 Å². The zero-order valence-electron chi connectivity index (χ0n) is 12.8. The number of carbonyl (C=O) groups is 2. The minimum atomic E-state index is -0.148. The second kappa shape index (κ2) is 8.54. The lowest BCUT2D eigenvalue weighted by Gasteiger charge is -2.27. The summed E-state index contributed by atoms with van der Waals surface area (Å²) in [5.41, 5.74) is 0.933. The zero-order valence-corrected chi connectivity index (χ0v) is 12.8. The standard InChI is InChI=1S/C17H24N2O3/c20-12-14-6-8-15(9-7-14)19-17(22)11-18-16(21)10-13-4-2-1-3-5-13/h1-5,14-15,20H,6-12H2,(H,18,21)(H,19,22). The first kappa shape index (κ1) is 16.5. The van der Waals surface area contributed by atoms with Crippen LogP contribution in [0, 0.1) is 5.92 Å². The summed E-state index contributed by atoms with van der Waals surface area (Å²) in [5.74, 6) is 0.0814. The molecule has 0 unspecified atom stereocenters. The summed E-state index contributed by atoms with van der Waals surface area (Å²) < 4.78 is 0. The second-order valence-corrected chi connectivity index (χ2v) is 5.91. The number of hydrogen-bond acceptors (Lipinski definition) is 3. The van der Waals surface area contributed by atoms with Crippen LogP contribution in [0.25, 0.3) is 0 Å². The van der Waals surface area contributed by atoms with E-state index in [1.54, 1.807) is 0 Å². The molecule has 120 valence electrons. The van der Waals surface area contributed by atoms with E-state index >= 15 is 0 Å². The van der Waals surface area contributed by atoms with Crippen LogP contribution in [0.5, 0.6) is 0 Å². The number of rotatable bonds is 6. The van der Waals surface area contributed by atoms with Crippen molar-refractivity contribution in [2.24, 2.45) is 5.92 Å². The molecule has 0 atom stereocenters. The molecule has 1 aliphatic carbocycles. The van der Waals surface area contributed by atoms with Crippen LogP contribution in [0.1, 0.15) is 31.2 Å². The van der Waals surface area contributed by atoms with Gasteiger partial charge in [-0.25, -0.2) is 0 Å². The van der Waals surface area contributed by atoms with Gasteiger partial charge in [-0.05, 0) is 37.2 Å². The highest BCUT2D eigenvalue weighted by atomic mass is 16.3. The molecule has 1 saturated carbocycles. The molecule has 5 nitrogen and oxygen atoms in total. The Bertz CT molecular complexity index is 482. The Morgan fingerprint density at radius 1 is 1.05 bits per heavy atom. The van der Waals surface area contributed by atoms with Gasteiger partial charge in [0, 0.05) is 12.6 Å².